The smallest absolute Gasteiger partial charge is 0.225 e. The molecule has 0 aliphatic heterocycles. The van der Waals surface area contributed by atoms with Crippen LogP contribution in [0.2, 0.25) is 5.28 Å². The SMILES string of the molecule is CC(C)N(CCO)c1nc(Cl)nc2sccc12. The molecule has 0 aliphatic rings. The fraction of sp³-hybridized carbons (Fsp3) is 0.455. The number of hydrogen-bond donors (Lipinski definition) is 1. The zero-order chi connectivity index (χ0) is 12.4. The third kappa shape index (κ3) is 2.51. The summed E-state index contributed by atoms with van der Waals surface area (Å²) in [4.78, 5) is 11.4. The molecule has 0 bridgehead atoms. The van der Waals surface area contributed by atoms with Crippen molar-refractivity contribution in [3.05, 3.63) is 16.7 Å². The summed E-state index contributed by atoms with van der Waals surface area (Å²) in [6.07, 6.45) is 0. The summed E-state index contributed by atoms with van der Waals surface area (Å²) in [6, 6.07) is 2.23. The molecule has 0 amide bonds. The van der Waals surface area contributed by atoms with E-state index in [1.54, 1.807) is 0 Å². The fourth-order valence-electron chi connectivity index (χ4n) is 1.75. The van der Waals surface area contributed by atoms with Gasteiger partial charge in [-0.15, -0.1) is 11.3 Å². The van der Waals surface area contributed by atoms with Gasteiger partial charge in [0.15, 0.2) is 0 Å². The van der Waals surface area contributed by atoms with E-state index < -0.39 is 0 Å². The molecule has 0 aromatic carbocycles. The van der Waals surface area contributed by atoms with Crippen molar-refractivity contribution in [3.8, 4) is 0 Å². The molecule has 92 valence electrons. The van der Waals surface area contributed by atoms with E-state index in [9.17, 15) is 0 Å². The highest BCUT2D eigenvalue weighted by atomic mass is 35.5. The minimum absolute atomic E-state index is 0.0887. The van der Waals surface area contributed by atoms with Gasteiger partial charge in [0, 0.05) is 12.6 Å². The molecular formula is C11H14ClN3OS. The van der Waals surface area contributed by atoms with Gasteiger partial charge in [0.05, 0.1) is 12.0 Å². The largest absolute Gasteiger partial charge is 0.395 e. The van der Waals surface area contributed by atoms with Crippen molar-refractivity contribution in [2.45, 2.75) is 19.9 Å². The maximum absolute atomic E-state index is 9.12. The van der Waals surface area contributed by atoms with Crippen molar-refractivity contribution in [3.63, 3.8) is 0 Å². The number of nitrogens with zero attached hydrogens (tertiary/aromatic N) is 3. The van der Waals surface area contributed by atoms with E-state index in [1.807, 2.05) is 16.3 Å². The molecule has 2 aromatic rings. The van der Waals surface area contributed by atoms with Crippen LogP contribution >= 0.6 is 22.9 Å². The van der Waals surface area contributed by atoms with Gasteiger partial charge in [-0.05, 0) is 36.9 Å². The van der Waals surface area contributed by atoms with Crippen LogP contribution in [0, 0.1) is 0 Å². The van der Waals surface area contributed by atoms with Crippen LogP contribution in [0.5, 0.6) is 0 Å². The first-order valence-corrected chi connectivity index (χ1v) is 6.67. The molecule has 2 rings (SSSR count). The van der Waals surface area contributed by atoms with Crippen LogP contribution in [-0.2, 0) is 0 Å². The van der Waals surface area contributed by atoms with E-state index in [-0.39, 0.29) is 17.9 Å². The van der Waals surface area contributed by atoms with Crippen LogP contribution in [0.15, 0.2) is 11.4 Å². The molecule has 0 saturated heterocycles. The Morgan fingerprint density at radius 2 is 2.24 bits per heavy atom. The maximum Gasteiger partial charge on any atom is 0.225 e. The lowest BCUT2D eigenvalue weighted by atomic mass is 10.2. The summed E-state index contributed by atoms with van der Waals surface area (Å²) in [5, 5.41) is 12.3. The average Bonchev–Trinajstić information content (AvgIpc) is 2.72. The van der Waals surface area contributed by atoms with Crippen molar-refractivity contribution >= 4 is 39.0 Å². The summed E-state index contributed by atoms with van der Waals surface area (Å²) >= 11 is 7.46. The Balaban J connectivity index is 2.54. The number of fused-ring (bicyclic) bond motifs is 1. The quantitative estimate of drug-likeness (QED) is 0.869. The number of aromatic nitrogens is 2. The van der Waals surface area contributed by atoms with E-state index in [2.05, 4.69) is 23.8 Å². The first-order chi connectivity index (χ1) is 8.13. The number of hydrogen-bond acceptors (Lipinski definition) is 5. The van der Waals surface area contributed by atoms with Crippen LogP contribution in [0.3, 0.4) is 0 Å². The summed E-state index contributed by atoms with van der Waals surface area (Å²) in [6.45, 7) is 4.75. The molecule has 0 spiro atoms. The van der Waals surface area contributed by atoms with Crippen LogP contribution in [-0.4, -0.2) is 34.3 Å². The van der Waals surface area contributed by atoms with E-state index in [1.165, 1.54) is 11.3 Å². The van der Waals surface area contributed by atoms with Crippen molar-refractivity contribution < 1.29 is 5.11 Å². The predicted molar refractivity (Wildman–Crippen MR) is 72.0 cm³/mol. The second kappa shape index (κ2) is 5.16. The molecule has 2 heterocycles. The minimum atomic E-state index is 0.0887. The van der Waals surface area contributed by atoms with Gasteiger partial charge in [-0.3, -0.25) is 0 Å². The molecule has 4 nitrogen and oxygen atoms in total. The lowest BCUT2D eigenvalue weighted by Gasteiger charge is -2.27. The molecule has 0 atom stereocenters. The van der Waals surface area contributed by atoms with Crippen molar-refractivity contribution in [2.24, 2.45) is 0 Å². The molecule has 1 N–H and O–H groups in total. The first-order valence-electron chi connectivity index (χ1n) is 5.41. The number of thiophene rings is 1. The number of rotatable bonds is 4. The molecule has 0 aliphatic carbocycles. The number of aliphatic hydroxyl groups excluding tert-OH is 1. The Morgan fingerprint density at radius 1 is 1.47 bits per heavy atom. The van der Waals surface area contributed by atoms with Gasteiger partial charge in [-0.25, -0.2) is 4.98 Å². The standard InChI is InChI=1S/C11H14ClN3OS/c1-7(2)15(4-5-16)9-8-3-6-17-10(8)14-11(12)13-9/h3,6-7,16H,4-5H2,1-2H3. The topological polar surface area (TPSA) is 49.2 Å². The average molecular weight is 272 g/mol. The molecule has 0 unspecified atom stereocenters. The Labute approximate surface area is 109 Å². The Kier molecular flexibility index (Phi) is 3.81. The summed E-state index contributed by atoms with van der Waals surface area (Å²) in [7, 11) is 0. The van der Waals surface area contributed by atoms with E-state index >= 15 is 0 Å². The lowest BCUT2D eigenvalue weighted by Crippen LogP contribution is -2.34. The van der Waals surface area contributed by atoms with Gasteiger partial charge in [0.2, 0.25) is 5.28 Å². The minimum Gasteiger partial charge on any atom is -0.395 e. The van der Waals surface area contributed by atoms with Crippen molar-refractivity contribution in [2.75, 3.05) is 18.1 Å². The zero-order valence-electron chi connectivity index (χ0n) is 9.72. The Morgan fingerprint density at radius 3 is 2.88 bits per heavy atom. The van der Waals surface area contributed by atoms with Crippen molar-refractivity contribution in [1.82, 2.24) is 9.97 Å². The monoisotopic (exact) mass is 271 g/mol. The predicted octanol–water partition coefficient (Wildman–Crippen LogP) is 2.55. The highest BCUT2D eigenvalue weighted by Gasteiger charge is 2.16. The molecule has 0 radical (unpaired) electrons. The highest BCUT2D eigenvalue weighted by Crippen LogP contribution is 2.29. The van der Waals surface area contributed by atoms with Gasteiger partial charge < -0.3 is 10.0 Å². The van der Waals surface area contributed by atoms with Crippen LogP contribution in [0.1, 0.15) is 13.8 Å². The third-order valence-electron chi connectivity index (χ3n) is 2.51. The van der Waals surface area contributed by atoms with Gasteiger partial charge in [0.25, 0.3) is 0 Å². The molecule has 2 aromatic heterocycles. The number of aliphatic hydroxyl groups is 1. The third-order valence-corrected chi connectivity index (χ3v) is 3.49. The van der Waals surface area contributed by atoms with Gasteiger partial charge in [-0.2, -0.15) is 4.98 Å². The zero-order valence-corrected chi connectivity index (χ0v) is 11.3. The normalized spacial score (nSPS) is 11.4. The van der Waals surface area contributed by atoms with Gasteiger partial charge in [0.1, 0.15) is 10.6 Å². The highest BCUT2D eigenvalue weighted by molar-refractivity contribution is 7.16. The molecule has 6 heteroatoms. The van der Waals surface area contributed by atoms with E-state index in [0.29, 0.717) is 6.54 Å². The fourth-order valence-corrected chi connectivity index (χ4v) is 2.72. The molecular weight excluding hydrogens is 258 g/mol. The summed E-state index contributed by atoms with van der Waals surface area (Å²) < 4.78 is 0. The lowest BCUT2D eigenvalue weighted by molar-refractivity contribution is 0.299. The Bertz CT molecular complexity index is 514. The summed E-state index contributed by atoms with van der Waals surface area (Å²) in [5.41, 5.74) is 0. The van der Waals surface area contributed by atoms with Crippen LogP contribution in [0.4, 0.5) is 5.82 Å². The molecule has 0 fully saturated rings. The Hall–Kier alpha value is -0.910. The van der Waals surface area contributed by atoms with Gasteiger partial charge in [-0.1, -0.05) is 0 Å². The molecule has 0 saturated carbocycles. The van der Waals surface area contributed by atoms with Crippen LogP contribution < -0.4 is 4.90 Å². The summed E-state index contributed by atoms with van der Waals surface area (Å²) in [5.74, 6) is 0.797. The van der Waals surface area contributed by atoms with Gasteiger partial charge >= 0.3 is 0 Å². The van der Waals surface area contributed by atoms with E-state index in [4.69, 9.17) is 16.7 Å². The molecule has 17 heavy (non-hydrogen) atoms. The maximum atomic E-state index is 9.12. The van der Waals surface area contributed by atoms with Crippen molar-refractivity contribution in [1.29, 1.82) is 0 Å². The van der Waals surface area contributed by atoms with Crippen LogP contribution in [0.25, 0.3) is 10.2 Å². The first kappa shape index (κ1) is 12.5. The van der Waals surface area contributed by atoms with E-state index in [0.717, 1.165) is 16.0 Å². The number of anilines is 1. The second-order valence-electron chi connectivity index (χ2n) is 3.97. The second-order valence-corrected chi connectivity index (χ2v) is 5.20. The number of halogens is 1.